The van der Waals surface area contributed by atoms with Gasteiger partial charge in [0.25, 0.3) is 0 Å². The number of aromatic nitrogens is 2. The van der Waals surface area contributed by atoms with Crippen LogP contribution in [0, 0.1) is 13.8 Å². The first-order chi connectivity index (χ1) is 14.1. The van der Waals surface area contributed by atoms with Crippen molar-refractivity contribution in [1.82, 2.24) is 14.5 Å². The van der Waals surface area contributed by atoms with Crippen LogP contribution < -0.4 is 4.74 Å². The second-order valence-electron chi connectivity index (χ2n) is 7.72. The van der Waals surface area contributed by atoms with E-state index in [1.54, 1.807) is 6.08 Å². The fourth-order valence-electron chi connectivity index (χ4n) is 4.03. The summed E-state index contributed by atoms with van der Waals surface area (Å²) in [5.41, 5.74) is 4.37. The fraction of sp³-hybridized carbons (Fsp3) is 0.333. The lowest BCUT2D eigenvalue weighted by atomic mass is 10.1. The van der Waals surface area contributed by atoms with E-state index in [1.165, 1.54) is 5.56 Å². The first-order valence-electron chi connectivity index (χ1n) is 10.1. The van der Waals surface area contributed by atoms with Gasteiger partial charge in [-0.25, -0.2) is 4.98 Å². The minimum Gasteiger partial charge on any atom is -0.491 e. The van der Waals surface area contributed by atoms with Crippen molar-refractivity contribution >= 4 is 16.9 Å². The molecule has 1 aromatic heterocycles. The highest BCUT2D eigenvalue weighted by Gasteiger charge is 2.33. The standard InChI is InChI=1S/C24H27N3O2/c1-4-11-26-16-19(15-23(26)28)24-25-20-7-5-6-8-21(20)27(24)12-13-29-22-14-17(2)9-10-18(22)3/h4-10,14,19H,1,11-13,15-16H2,2-3H3/t19-/m1/s1. The lowest BCUT2D eigenvalue weighted by molar-refractivity contribution is -0.127. The molecule has 150 valence electrons. The number of hydrogen-bond acceptors (Lipinski definition) is 3. The van der Waals surface area contributed by atoms with Gasteiger partial charge in [0.1, 0.15) is 18.2 Å². The molecule has 4 rings (SSSR count). The van der Waals surface area contributed by atoms with Gasteiger partial charge in [-0.1, -0.05) is 30.3 Å². The molecule has 1 saturated heterocycles. The number of aryl methyl sites for hydroxylation is 2. The van der Waals surface area contributed by atoms with E-state index in [0.717, 1.165) is 28.2 Å². The smallest absolute Gasteiger partial charge is 0.223 e. The fourth-order valence-corrected chi connectivity index (χ4v) is 4.03. The predicted octanol–water partition coefficient (Wildman–Crippen LogP) is 4.23. The minimum absolute atomic E-state index is 0.0931. The predicted molar refractivity (Wildman–Crippen MR) is 115 cm³/mol. The Labute approximate surface area is 171 Å². The van der Waals surface area contributed by atoms with E-state index in [9.17, 15) is 4.79 Å². The molecule has 0 bridgehead atoms. The number of hydrogen-bond donors (Lipinski definition) is 0. The number of likely N-dealkylation sites (tertiary alicyclic amines) is 1. The van der Waals surface area contributed by atoms with Crippen LogP contribution in [0.5, 0.6) is 5.75 Å². The number of carbonyl (C=O) groups is 1. The third-order valence-corrected chi connectivity index (χ3v) is 5.53. The zero-order valence-corrected chi connectivity index (χ0v) is 17.1. The van der Waals surface area contributed by atoms with Crippen molar-refractivity contribution in [3.8, 4) is 5.75 Å². The van der Waals surface area contributed by atoms with Crippen LogP contribution in [0.25, 0.3) is 11.0 Å². The zero-order chi connectivity index (χ0) is 20.4. The van der Waals surface area contributed by atoms with Gasteiger partial charge in [-0.3, -0.25) is 4.79 Å². The molecule has 1 aliphatic rings. The zero-order valence-electron chi connectivity index (χ0n) is 17.1. The highest BCUT2D eigenvalue weighted by atomic mass is 16.5. The van der Waals surface area contributed by atoms with Crippen LogP contribution >= 0.6 is 0 Å². The Balaban J connectivity index is 1.58. The lowest BCUT2D eigenvalue weighted by Gasteiger charge is -2.16. The largest absolute Gasteiger partial charge is 0.491 e. The van der Waals surface area contributed by atoms with Crippen LogP contribution in [0.15, 0.2) is 55.1 Å². The first kappa shape index (κ1) is 19.2. The van der Waals surface area contributed by atoms with Gasteiger partial charge in [-0.15, -0.1) is 6.58 Å². The van der Waals surface area contributed by atoms with Crippen molar-refractivity contribution in [1.29, 1.82) is 0 Å². The molecule has 1 amide bonds. The van der Waals surface area contributed by atoms with Gasteiger partial charge in [0.15, 0.2) is 0 Å². The lowest BCUT2D eigenvalue weighted by Crippen LogP contribution is -2.25. The molecule has 2 heterocycles. The number of nitrogens with zero attached hydrogens (tertiary/aromatic N) is 3. The summed E-state index contributed by atoms with van der Waals surface area (Å²) in [5, 5.41) is 0. The summed E-state index contributed by atoms with van der Waals surface area (Å²) < 4.78 is 8.32. The van der Waals surface area contributed by atoms with Gasteiger partial charge in [0.2, 0.25) is 5.91 Å². The molecular formula is C24H27N3O2. The summed E-state index contributed by atoms with van der Waals surface area (Å²) in [5.74, 6) is 2.15. The molecule has 0 unspecified atom stereocenters. The molecule has 3 aromatic rings. The topological polar surface area (TPSA) is 47.4 Å². The maximum Gasteiger partial charge on any atom is 0.223 e. The van der Waals surface area contributed by atoms with E-state index in [4.69, 9.17) is 9.72 Å². The van der Waals surface area contributed by atoms with E-state index in [1.807, 2.05) is 23.1 Å². The van der Waals surface area contributed by atoms with Crippen LogP contribution in [0.4, 0.5) is 0 Å². The van der Waals surface area contributed by atoms with Crippen LogP contribution in [-0.2, 0) is 11.3 Å². The number of ether oxygens (including phenoxy) is 1. The minimum atomic E-state index is 0.0931. The summed E-state index contributed by atoms with van der Waals surface area (Å²) >= 11 is 0. The van der Waals surface area contributed by atoms with Crippen molar-refractivity contribution in [2.45, 2.75) is 32.7 Å². The third-order valence-electron chi connectivity index (χ3n) is 5.53. The van der Waals surface area contributed by atoms with Crippen molar-refractivity contribution in [3.63, 3.8) is 0 Å². The maximum absolute atomic E-state index is 12.4. The summed E-state index contributed by atoms with van der Waals surface area (Å²) in [6.07, 6.45) is 2.27. The molecule has 0 N–H and O–H groups in total. The second kappa shape index (κ2) is 8.11. The Kier molecular flexibility index (Phi) is 5.38. The average molecular weight is 389 g/mol. The van der Waals surface area contributed by atoms with E-state index in [0.29, 0.717) is 32.7 Å². The quantitative estimate of drug-likeness (QED) is 0.568. The molecule has 5 heteroatoms. The second-order valence-corrected chi connectivity index (χ2v) is 7.72. The van der Waals surface area contributed by atoms with Crippen molar-refractivity contribution in [2.75, 3.05) is 19.7 Å². The van der Waals surface area contributed by atoms with E-state index in [2.05, 4.69) is 49.3 Å². The Bertz CT molecular complexity index is 1050. The maximum atomic E-state index is 12.4. The molecule has 0 saturated carbocycles. The molecule has 5 nitrogen and oxygen atoms in total. The molecule has 1 fully saturated rings. The van der Waals surface area contributed by atoms with E-state index < -0.39 is 0 Å². The van der Waals surface area contributed by atoms with Gasteiger partial charge in [-0.05, 0) is 43.2 Å². The first-order valence-corrected chi connectivity index (χ1v) is 10.1. The molecule has 0 spiro atoms. The number of benzene rings is 2. The normalized spacial score (nSPS) is 16.6. The average Bonchev–Trinajstić information content (AvgIpc) is 3.26. The number of fused-ring (bicyclic) bond motifs is 1. The molecule has 0 radical (unpaired) electrons. The molecule has 0 aliphatic carbocycles. The van der Waals surface area contributed by atoms with E-state index >= 15 is 0 Å². The Morgan fingerprint density at radius 2 is 2.07 bits per heavy atom. The van der Waals surface area contributed by atoms with Gasteiger partial charge in [-0.2, -0.15) is 0 Å². The summed E-state index contributed by atoms with van der Waals surface area (Å²) in [4.78, 5) is 19.1. The van der Waals surface area contributed by atoms with Crippen LogP contribution in [0.2, 0.25) is 0 Å². The molecule has 1 aliphatic heterocycles. The number of amides is 1. The molecular weight excluding hydrogens is 362 g/mol. The SMILES string of the molecule is C=CCN1C[C@H](c2nc3ccccc3n2CCOc2cc(C)ccc2C)CC1=O. The Morgan fingerprint density at radius 3 is 2.90 bits per heavy atom. The Hall–Kier alpha value is -3.08. The van der Waals surface area contributed by atoms with Gasteiger partial charge >= 0.3 is 0 Å². The van der Waals surface area contributed by atoms with Crippen molar-refractivity contribution < 1.29 is 9.53 Å². The highest BCUT2D eigenvalue weighted by molar-refractivity contribution is 5.81. The number of carbonyl (C=O) groups excluding carboxylic acids is 1. The molecule has 29 heavy (non-hydrogen) atoms. The highest BCUT2D eigenvalue weighted by Crippen LogP contribution is 2.30. The van der Waals surface area contributed by atoms with Crippen LogP contribution in [-0.4, -0.2) is 40.1 Å². The van der Waals surface area contributed by atoms with Gasteiger partial charge in [0.05, 0.1) is 17.6 Å². The number of imidazole rings is 1. The Morgan fingerprint density at radius 1 is 1.24 bits per heavy atom. The van der Waals surface area contributed by atoms with E-state index in [-0.39, 0.29) is 11.8 Å². The van der Waals surface area contributed by atoms with Gasteiger partial charge < -0.3 is 14.2 Å². The van der Waals surface area contributed by atoms with Crippen molar-refractivity contribution in [2.24, 2.45) is 0 Å². The summed E-state index contributed by atoms with van der Waals surface area (Å²) in [7, 11) is 0. The molecule has 1 atom stereocenters. The van der Waals surface area contributed by atoms with Gasteiger partial charge in [0, 0.05) is 25.4 Å². The third kappa shape index (κ3) is 3.90. The summed E-state index contributed by atoms with van der Waals surface area (Å²) in [6, 6.07) is 14.4. The number of para-hydroxylation sites is 2. The van der Waals surface area contributed by atoms with Crippen LogP contribution in [0.1, 0.15) is 29.3 Å². The summed E-state index contributed by atoms with van der Waals surface area (Å²) in [6.45, 7) is 10.4. The van der Waals surface area contributed by atoms with Crippen LogP contribution in [0.3, 0.4) is 0 Å². The van der Waals surface area contributed by atoms with Crippen molar-refractivity contribution in [3.05, 3.63) is 72.1 Å². The number of rotatable bonds is 7. The monoisotopic (exact) mass is 389 g/mol. The molecule has 2 aromatic carbocycles.